The summed E-state index contributed by atoms with van der Waals surface area (Å²) in [5.41, 5.74) is 6.51. The van der Waals surface area contributed by atoms with Gasteiger partial charge in [0, 0.05) is 23.2 Å². The van der Waals surface area contributed by atoms with E-state index in [-0.39, 0.29) is 18.9 Å². The second kappa shape index (κ2) is 6.54. The summed E-state index contributed by atoms with van der Waals surface area (Å²) < 4.78 is 5.38. The van der Waals surface area contributed by atoms with Gasteiger partial charge in [0.2, 0.25) is 5.91 Å². The van der Waals surface area contributed by atoms with E-state index in [0.29, 0.717) is 23.6 Å². The van der Waals surface area contributed by atoms with Gasteiger partial charge < -0.3 is 20.9 Å². The summed E-state index contributed by atoms with van der Waals surface area (Å²) >= 11 is 0. The van der Waals surface area contributed by atoms with E-state index in [9.17, 15) is 9.90 Å². The fourth-order valence-electron chi connectivity index (χ4n) is 1.70. The number of hydrogen-bond donors (Lipinski definition) is 3. The number of carbonyl (C=O) groups is 1. The highest BCUT2D eigenvalue weighted by Gasteiger charge is 2.16. The molecule has 0 spiro atoms. The van der Waals surface area contributed by atoms with Crippen LogP contribution >= 0.6 is 0 Å². The van der Waals surface area contributed by atoms with Crippen LogP contribution in [0, 0.1) is 0 Å². The predicted molar refractivity (Wildman–Crippen MR) is 75.0 cm³/mol. The molecule has 19 heavy (non-hydrogen) atoms. The van der Waals surface area contributed by atoms with E-state index in [2.05, 4.69) is 5.32 Å². The van der Waals surface area contributed by atoms with E-state index in [1.54, 1.807) is 32.0 Å². The van der Waals surface area contributed by atoms with E-state index in [1.807, 2.05) is 6.92 Å². The Bertz CT molecular complexity index is 439. The van der Waals surface area contributed by atoms with Gasteiger partial charge in [0.1, 0.15) is 5.75 Å². The highest BCUT2D eigenvalue weighted by Crippen LogP contribution is 2.23. The first kappa shape index (κ1) is 15.5. The molecule has 0 aromatic heterocycles. The number of ether oxygens (including phenoxy) is 1. The number of rotatable bonds is 6. The van der Waals surface area contributed by atoms with Crippen LogP contribution in [0.15, 0.2) is 18.2 Å². The van der Waals surface area contributed by atoms with Crippen molar-refractivity contribution in [2.45, 2.75) is 39.3 Å². The van der Waals surface area contributed by atoms with E-state index >= 15 is 0 Å². The van der Waals surface area contributed by atoms with Crippen LogP contribution in [0.1, 0.15) is 32.8 Å². The number of aliphatic hydroxyl groups excluding tert-OH is 1. The first-order valence-corrected chi connectivity index (χ1v) is 6.31. The molecule has 1 aromatic carbocycles. The van der Waals surface area contributed by atoms with E-state index in [4.69, 9.17) is 10.5 Å². The van der Waals surface area contributed by atoms with Gasteiger partial charge in [-0.05, 0) is 39.0 Å². The van der Waals surface area contributed by atoms with Gasteiger partial charge >= 0.3 is 0 Å². The van der Waals surface area contributed by atoms with Gasteiger partial charge in [-0.25, -0.2) is 0 Å². The van der Waals surface area contributed by atoms with Crippen molar-refractivity contribution in [2.75, 3.05) is 11.9 Å². The number of amides is 1. The fourth-order valence-corrected chi connectivity index (χ4v) is 1.70. The molecule has 0 unspecified atom stereocenters. The van der Waals surface area contributed by atoms with Crippen LogP contribution in [0.3, 0.4) is 0 Å². The summed E-state index contributed by atoms with van der Waals surface area (Å²) in [6.45, 7) is 5.86. The number of nitrogens with one attached hydrogen (secondary N) is 1. The number of aliphatic hydroxyl groups is 1. The Morgan fingerprint density at radius 3 is 2.68 bits per heavy atom. The maximum absolute atomic E-state index is 11.8. The Hall–Kier alpha value is -1.59. The van der Waals surface area contributed by atoms with E-state index in [1.165, 1.54) is 0 Å². The molecular formula is C14H22N2O3. The molecule has 0 aliphatic heterocycles. The van der Waals surface area contributed by atoms with Crippen molar-refractivity contribution < 1.29 is 14.6 Å². The first-order valence-electron chi connectivity index (χ1n) is 6.31. The molecule has 0 heterocycles. The van der Waals surface area contributed by atoms with Crippen LogP contribution in [0.2, 0.25) is 0 Å². The fraction of sp³-hybridized carbons (Fsp3) is 0.500. The van der Waals surface area contributed by atoms with Gasteiger partial charge in [-0.15, -0.1) is 0 Å². The van der Waals surface area contributed by atoms with Gasteiger partial charge in [-0.1, -0.05) is 0 Å². The summed E-state index contributed by atoms with van der Waals surface area (Å²) in [5, 5.41) is 12.0. The van der Waals surface area contributed by atoms with Crippen LogP contribution in [0.4, 0.5) is 5.69 Å². The van der Waals surface area contributed by atoms with Gasteiger partial charge in [0.15, 0.2) is 0 Å². The SMILES string of the molecule is CCOc1ccc(NC(=O)CC(C)(C)N)cc1CO. The second-order valence-electron chi connectivity index (χ2n) is 5.13. The van der Waals surface area contributed by atoms with Crippen molar-refractivity contribution in [3.8, 4) is 5.75 Å². The maximum Gasteiger partial charge on any atom is 0.226 e. The van der Waals surface area contributed by atoms with Crippen molar-refractivity contribution in [3.05, 3.63) is 23.8 Å². The van der Waals surface area contributed by atoms with Crippen LogP contribution in [0.25, 0.3) is 0 Å². The normalized spacial score (nSPS) is 11.2. The molecule has 1 aromatic rings. The van der Waals surface area contributed by atoms with Gasteiger partial charge in [0.25, 0.3) is 0 Å². The van der Waals surface area contributed by atoms with E-state index < -0.39 is 5.54 Å². The van der Waals surface area contributed by atoms with Crippen molar-refractivity contribution in [1.82, 2.24) is 0 Å². The topological polar surface area (TPSA) is 84.6 Å². The summed E-state index contributed by atoms with van der Waals surface area (Å²) in [6.07, 6.45) is 0.231. The Labute approximate surface area is 113 Å². The molecule has 0 saturated carbocycles. The largest absolute Gasteiger partial charge is 0.494 e. The van der Waals surface area contributed by atoms with E-state index in [0.717, 1.165) is 0 Å². The summed E-state index contributed by atoms with van der Waals surface area (Å²) in [5.74, 6) is 0.475. The van der Waals surface area contributed by atoms with Crippen molar-refractivity contribution in [3.63, 3.8) is 0 Å². The molecule has 0 aliphatic carbocycles. The monoisotopic (exact) mass is 266 g/mol. The van der Waals surface area contributed by atoms with Gasteiger partial charge in [-0.2, -0.15) is 0 Å². The minimum absolute atomic E-state index is 0.137. The molecule has 0 saturated heterocycles. The smallest absolute Gasteiger partial charge is 0.226 e. The number of hydrogen-bond acceptors (Lipinski definition) is 4. The minimum atomic E-state index is -0.546. The lowest BCUT2D eigenvalue weighted by molar-refractivity contribution is -0.117. The van der Waals surface area contributed by atoms with Crippen molar-refractivity contribution >= 4 is 11.6 Å². The van der Waals surface area contributed by atoms with Crippen LogP contribution in [-0.4, -0.2) is 23.2 Å². The molecule has 5 heteroatoms. The Balaban J connectivity index is 2.77. The zero-order valence-corrected chi connectivity index (χ0v) is 11.7. The standard InChI is InChI=1S/C14H22N2O3/c1-4-19-12-6-5-11(7-10(12)9-17)16-13(18)8-14(2,3)15/h5-7,17H,4,8-9,15H2,1-3H3,(H,16,18). The quantitative estimate of drug-likeness (QED) is 0.731. The van der Waals surface area contributed by atoms with Gasteiger partial charge in [0.05, 0.1) is 13.2 Å². The summed E-state index contributed by atoms with van der Waals surface area (Å²) in [6, 6.07) is 5.18. The number of carbonyl (C=O) groups excluding carboxylic acids is 1. The number of nitrogens with two attached hydrogens (primary N) is 1. The maximum atomic E-state index is 11.8. The average molecular weight is 266 g/mol. The summed E-state index contributed by atoms with van der Waals surface area (Å²) in [7, 11) is 0. The average Bonchev–Trinajstić information content (AvgIpc) is 2.28. The molecule has 106 valence electrons. The Kier molecular flexibility index (Phi) is 5.32. The third-order valence-corrected chi connectivity index (χ3v) is 2.43. The van der Waals surface area contributed by atoms with Crippen molar-refractivity contribution in [2.24, 2.45) is 5.73 Å². The lowest BCUT2D eigenvalue weighted by Gasteiger charge is -2.18. The van der Waals surface area contributed by atoms with Crippen LogP contribution in [-0.2, 0) is 11.4 Å². The van der Waals surface area contributed by atoms with Crippen molar-refractivity contribution in [1.29, 1.82) is 0 Å². The zero-order valence-electron chi connectivity index (χ0n) is 11.7. The van der Waals surface area contributed by atoms with Gasteiger partial charge in [-0.3, -0.25) is 4.79 Å². The molecule has 0 bridgehead atoms. The molecule has 1 rings (SSSR count). The second-order valence-corrected chi connectivity index (χ2v) is 5.13. The molecule has 0 atom stereocenters. The number of benzene rings is 1. The number of anilines is 1. The third kappa shape index (κ3) is 5.28. The predicted octanol–water partition coefficient (Wildman–Crippen LogP) is 1.64. The molecule has 0 fully saturated rings. The minimum Gasteiger partial charge on any atom is -0.494 e. The highest BCUT2D eigenvalue weighted by molar-refractivity contribution is 5.91. The summed E-state index contributed by atoms with van der Waals surface area (Å²) in [4.78, 5) is 11.8. The Morgan fingerprint density at radius 1 is 1.47 bits per heavy atom. The third-order valence-electron chi connectivity index (χ3n) is 2.43. The lowest BCUT2D eigenvalue weighted by atomic mass is 10.0. The molecule has 1 amide bonds. The molecule has 0 aliphatic rings. The molecule has 0 radical (unpaired) electrons. The molecule has 4 N–H and O–H groups in total. The zero-order chi connectivity index (χ0) is 14.5. The molecule has 5 nitrogen and oxygen atoms in total. The lowest BCUT2D eigenvalue weighted by Crippen LogP contribution is -2.36. The van der Waals surface area contributed by atoms with Crippen LogP contribution in [0.5, 0.6) is 5.75 Å². The first-order chi connectivity index (χ1) is 8.85. The van der Waals surface area contributed by atoms with Crippen LogP contribution < -0.4 is 15.8 Å². The highest BCUT2D eigenvalue weighted by atomic mass is 16.5. The molecular weight excluding hydrogens is 244 g/mol. The Morgan fingerprint density at radius 2 is 2.16 bits per heavy atom.